The molecule has 0 bridgehead atoms. The lowest BCUT2D eigenvalue weighted by Gasteiger charge is -2.29. The van der Waals surface area contributed by atoms with Gasteiger partial charge in [0.2, 0.25) is 5.91 Å². The van der Waals surface area contributed by atoms with Gasteiger partial charge in [0.25, 0.3) is 0 Å². The third-order valence-corrected chi connectivity index (χ3v) is 5.11. The molecule has 2 aliphatic rings. The normalized spacial score (nSPS) is 21.9. The maximum Gasteiger partial charge on any atom is 0.222 e. The number of nitrogens with zero attached hydrogens (tertiary/aromatic N) is 5. The van der Waals surface area contributed by atoms with Crippen molar-refractivity contribution in [2.24, 2.45) is 0 Å². The molecule has 0 radical (unpaired) electrons. The van der Waals surface area contributed by atoms with Gasteiger partial charge in [-0.3, -0.25) is 4.79 Å². The van der Waals surface area contributed by atoms with Crippen molar-refractivity contribution in [3.8, 4) is 0 Å². The summed E-state index contributed by atoms with van der Waals surface area (Å²) in [5, 5.41) is 0.460. The van der Waals surface area contributed by atoms with Crippen LogP contribution in [0.2, 0.25) is 5.15 Å². The molecule has 0 aromatic carbocycles. The quantitative estimate of drug-likeness (QED) is 0.787. The van der Waals surface area contributed by atoms with E-state index in [-0.39, 0.29) is 11.9 Å². The summed E-state index contributed by atoms with van der Waals surface area (Å²) in [4.78, 5) is 24.9. The maximum absolute atomic E-state index is 11.7. The molecule has 2 aromatic heterocycles. The maximum atomic E-state index is 11.7. The number of carbonyl (C=O) groups excluding carboxylic acids is 1. The largest absolute Gasteiger partial charge is 0.378 e. The number of morpholine rings is 1. The number of halogens is 1. The van der Waals surface area contributed by atoms with Crippen LogP contribution in [-0.4, -0.2) is 64.7 Å². The zero-order valence-electron chi connectivity index (χ0n) is 13.6. The van der Waals surface area contributed by atoms with Crippen LogP contribution >= 0.6 is 11.6 Å². The molecule has 4 rings (SSSR count). The van der Waals surface area contributed by atoms with Crippen LogP contribution in [0.15, 0.2) is 12.4 Å². The van der Waals surface area contributed by atoms with Crippen LogP contribution in [0.5, 0.6) is 0 Å². The van der Waals surface area contributed by atoms with Gasteiger partial charge in [0.1, 0.15) is 10.7 Å². The number of hydrogen-bond acceptors (Lipinski definition) is 5. The molecule has 2 aromatic rings. The van der Waals surface area contributed by atoms with E-state index in [0.29, 0.717) is 31.3 Å². The van der Waals surface area contributed by atoms with E-state index in [9.17, 15) is 4.79 Å². The van der Waals surface area contributed by atoms with Crippen molar-refractivity contribution in [1.29, 1.82) is 0 Å². The first kappa shape index (κ1) is 15.7. The van der Waals surface area contributed by atoms with Gasteiger partial charge in [-0.2, -0.15) is 0 Å². The Hall–Kier alpha value is -1.86. The SMILES string of the molecule is CN1C(=O)CC[C@H]1Cn1cnc2c(N3CCOCC3)cc(Cl)nc21. The van der Waals surface area contributed by atoms with Crippen molar-refractivity contribution in [3.63, 3.8) is 0 Å². The molecule has 0 unspecified atom stereocenters. The van der Waals surface area contributed by atoms with Gasteiger partial charge < -0.3 is 19.1 Å². The number of anilines is 1. The average molecular weight is 350 g/mol. The molecule has 0 spiro atoms. The summed E-state index contributed by atoms with van der Waals surface area (Å²) < 4.78 is 7.43. The van der Waals surface area contributed by atoms with Crippen LogP contribution in [0.1, 0.15) is 12.8 Å². The number of likely N-dealkylation sites (tertiary alicyclic amines) is 1. The van der Waals surface area contributed by atoms with E-state index in [2.05, 4.69) is 14.9 Å². The first-order chi connectivity index (χ1) is 11.6. The lowest BCUT2D eigenvalue weighted by Crippen LogP contribution is -2.36. The molecule has 1 atom stereocenters. The van der Waals surface area contributed by atoms with Gasteiger partial charge in [-0.25, -0.2) is 9.97 Å². The fourth-order valence-electron chi connectivity index (χ4n) is 3.47. The Morgan fingerprint density at radius 1 is 1.38 bits per heavy atom. The van der Waals surface area contributed by atoms with Crippen LogP contribution in [0.3, 0.4) is 0 Å². The number of rotatable bonds is 3. The lowest BCUT2D eigenvalue weighted by molar-refractivity contribution is -0.127. The van der Waals surface area contributed by atoms with E-state index in [1.165, 1.54) is 0 Å². The molecule has 4 heterocycles. The highest BCUT2D eigenvalue weighted by Gasteiger charge is 2.28. The molecule has 0 aliphatic carbocycles. The molecular weight excluding hydrogens is 330 g/mol. The number of likely N-dealkylation sites (N-methyl/N-ethyl adjacent to an activating group) is 1. The molecule has 128 valence electrons. The highest BCUT2D eigenvalue weighted by atomic mass is 35.5. The predicted molar refractivity (Wildman–Crippen MR) is 91.4 cm³/mol. The number of fused-ring (bicyclic) bond motifs is 1. The summed E-state index contributed by atoms with van der Waals surface area (Å²) in [6, 6.07) is 2.06. The Bertz CT molecular complexity index is 771. The van der Waals surface area contributed by atoms with Gasteiger partial charge in [-0.15, -0.1) is 0 Å². The van der Waals surface area contributed by atoms with Gasteiger partial charge in [0, 0.05) is 45.2 Å². The summed E-state index contributed by atoms with van der Waals surface area (Å²) in [5.74, 6) is 0.199. The number of pyridine rings is 1. The summed E-state index contributed by atoms with van der Waals surface area (Å²) in [6.45, 7) is 3.74. The van der Waals surface area contributed by atoms with E-state index in [0.717, 1.165) is 36.4 Å². The van der Waals surface area contributed by atoms with Crippen LogP contribution in [0.25, 0.3) is 11.2 Å². The number of aromatic nitrogens is 3. The van der Waals surface area contributed by atoms with Crippen molar-refractivity contribution in [1.82, 2.24) is 19.4 Å². The first-order valence-electron chi connectivity index (χ1n) is 8.23. The molecule has 1 amide bonds. The Morgan fingerprint density at radius 3 is 2.88 bits per heavy atom. The Kier molecular flexibility index (Phi) is 4.05. The van der Waals surface area contributed by atoms with Crippen molar-refractivity contribution < 1.29 is 9.53 Å². The van der Waals surface area contributed by atoms with Crippen LogP contribution < -0.4 is 4.90 Å². The smallest absolute Gasteiger partial charge is 0.222 e. The zero-order valence-corrected chi connectivity index (χ0v) is 14.4. The zero-order chi connectivity index (χ0) is 16.7. The minimum Gasteiger partial charge on any atom is -0.378 e. The Morgan fingerprint density at radius 2 is 2.17 bits per heavy atom. The molecule has 2 saturated heterocycles. The van der Waals surface area contributed by atoms with E-state index in [1.54, 1.807) is 6.33 Å². The number of hydrogen-bond donors (Lipinski definition) is 0. The monoisotopic (exact) mass is 349 g/mol. The fraction of sp³-hybridized carbons (Fsp3) is 0.562. The topological polar surface area (TPSA) is 63.5 Å². The highest BCUT2D eigenvalue weighted by molar-refractivity contribution is 6.30. The second-order valence-corrected chi connectivity index (χ2v) is 6.72. The molecule has 2 fully saturated rings. The third-order valence-electron chi connectivity index (χ3n) is 4.91. The number of imidazole rings is 1. The van der Waals surface area contributed by atoms with E-state index in [1.807, 2.05) is 22.6 Å². The lowest BCUT2D eigenvalue weighted by atomic mass is 10.2. The molecule has 24 heavy (non-hydrogen) atoms. The average Bonchev–Trinajstić information content (AvgIpc) is 3.13. The third kappa shape index (κ3) is 2.71. The van der Waals surface area contributed by atoms with Gasteiger partial charge in [0.05, 0.1) is 25.2 Å². The van der Waals surface area contributed by atoms with Crippen molar-refractivity contribution in [3.05, 3.63) is 17.5 Å². The summed E-state index contributed by atoms with van der Waals surface area (Å²) >= 11 is 6.27. The second kappa shape index (κ2) is 6.22. The van der Waals surface area contributed by atoms with Crippen LogP contribution in [-0.2, 0) is 16.1 Å². The van der Waals surface area contributed by atoms with E-state index in [4.69, 9.17) is 16.3 Å². The summed E-state index contributed by atoms with van der Waals surface area (Å²) in [5.41, 5.74) is 2.63. The molecule has 8 heteroatoms. The number of carbonyl (C=O) groups is 1. The van der Waals surface area contributed by atoms with Gasteiger partial charge in [-0.1, -0.05) is 11.6 Å². The van der Waals surface area contributed by atoms with Crippen molar-refractivity contribution >= 4 is 34.4 Å². The van der Waals surface area contributed by atoms with Crippen molar-refractivity contribution in [2.75, 3.05) is 38.3 Å². The minimum atomic E-state index is 0.183. The van der Waals surface area contributed by atoms with Gasteiger partial charge >= 0.3 is 0 Å². The molecule has 0 saturated carbocycles. The Labute approximate surface area is 145 Å². The van der Waals surface area contributed by atoms with E-state index < -0.39 is 0 Å². The number of amides is 1. The molecular formula is C16H20ClN5O2. The molecule has 7 nitrogen and oxygen atoms in total. The highest BCUT2D eigenvalue weighted by Crippen LogP contribution is 2.29. The molecule has 2 aliphatic heterocycles. The summed E-state index contributed by atoms with van der Waals surface area (Å²) in [7, 11) is 1.86. The predicted octanol–water partition coefficient (Wildman–Crippen LogP) is 1.54. The fourth-order valence-corrected chi connectivity index (χ4v) is 3.66. The minimum absolute atomic E-state index is 0.183. The second-order valence-electron chi connectivity index (χ2n) is 6.33. The van der Waals surface area contributed by atoms with Gasteiger partial charge in [-0.05, 0) is 6.42 Å². The van der Waals surface area contributed by atoms with Gasteiger partial charge in [0.15, 0.2) is 5.65 Å². The summed E-state index contributed by atoms with van der Waals surface area (Å²) in [6.07, 6.45) is 3.28. The standard InChI is InChI=1S/C16H20ClN5O2/c1-20-11(2-3-14(20)23)9-22-10-18-15-12(8-13(17)19-16(15)22)21-4-6-24-7-5-21/h8,10-11H,2-7,9H2,1H3/t11-/m0/s1. The van der Waals surface area contributed by atoms with Crippen molar-refractivity contribution in [2.45, 2.75) is 25.4 Å². The van der Waals surface area contributed by atoms with Crippen LogP contribution in [0.4, 0.5) is 5.69 Å². The van der Waals surface area contributed by atoms with Crippen LogP contribution in [0, 0.1) is 0 Å². The Balaban J connectivity index is 1.68. The molecule has 0 N–H and O–H groups in total. The van der Waals surface area contributed by atoms with E-state index >= 15 is 0 Å². The number of ether oxygens (including phenoxy) is 1. The first-order valence-corrected chi connectivity index (χ1v) is 8.61.